The first-order chi connectivity index (χ1) is 21.8. The first kappa shape index (κ1) is 24.6. The summed E-state index contributed by atoms with van der Waals surface area (Å²) in [5, 5.41) is 4.54. The number of nitrogens with zero attached hydrogens (tertiary/aromatic N) is 1. The van der Waals surface area contributed by atoms with Gasteiger partial charge >= 0.3 is 0 Å². The Hall–Kier alpha value is -5.93. The second-order valence-corrected chi connectivity index (χ2v) is 11.2. The lowest BCUT2D eigenvalue weighted by molar-refractivity contribution is 0.668. The molecule has 3 nitrogen and oxygen atoms in total. The highest BCUT2D eigenvalue weighted by Crippen LogP contribution is 2.36. The Balaban J connectivity index is 1.07. The van der Waals surface area contributed by atoms with Crippen molar-refractivity contribution in [1.82, 2.24) is 4.98 Å². The molecule has 44 heavy (non-hydrogen) atoms. The van der Waals surface area contributed by atoms with Crippen molar-refractivity contribution < 1.29 is 8.83 Å². The van der Waals surface area contributed by atoms with Crippen molar-refractivity contribution in [3.63, 3.8) is 0 Å². The smallest absolute Gasteiger partial charge is 0.135 e. The molecule has 0 saturated carbocycles. The molecular formula is C41H25NO2. The van der Waals surface area contributed by atoms with E-state index in [1.54, 1.807) is 0 Å². The van der Waals surface area contributed by atoms with Gasteiger partial charge in [0.05, 0.1) is 5.69 Å². The molecule has 0 saturated heterocycles. The van der Waals surface area contributed by atoms with Gasteiger partial charge in [-0.25, -0.2) is 0 Å². The second kappa shape index (κ2) is 9.82. The van der Waals surface area contributed by atoms with E-state index in [4.69, 9.17) is 13.8 Å². The molecule has 0 fully saturated rings. The van der Waals surface area contributed by atoms with Crippen LogP contribution in [-0.4, -0.2) is 4.98 Å². The summed E-state index contributed by atoms with van der Waals surface area (Å²) in [6.45, 7) is 0. The molecule has 3 heterocycles. The predicted octanol–water partition coefficient (Wildman–Crippen LogP) is 11.5. The minimum atomic E-state index is 0.903. The molecule has 0 aliphatic rings. The number of aromatic nitrogens is 1. The molecule has 3 heteroatoms. The molecule has 0 spiro atoms. The van der Waals surface area contributed by atoms with Crippen molar-refractivity contribution in [2.45, 2.75) is 0 Å². The number of benzene rings is 6. The first-order valence-corrected chi connectivity index (χ1v) is 14.8. The van der Waals surface area contributed by atoms with Gasteiger partial charge in [-0.05, 0) is 94.0 Å². The summed E-state index contributed by atoms with van der Waals surface area (Å²) in [7, 11) is 0. The summed E-state index contributed by atoms with van der Waals surface area (Å²) in [6, 6.07) is 50.8. The van der Waals surface area contributed by atoms with Gasteiger partial charge in [-0.2, -0.15) is 0 Å². The fraction of sp³-hybridized carbons (Fsp3) is 0. The summed E-state index contributed by atoms with van der Waals surface area (Å²) < 4.78 is 12.1. The fourth-order valence-corrected chi connectivity index (χ4v) is 6.32. The summed E-state index contributed by atoms with van der Waals surface area (Å²) >= 11 is 0. The van der Waals surface area contributed by atoms with Gasteiger partial charge in [0.1, 0.15) is 22.3 Å². The molecule has 9 rings (SSSR count). The minimum absolute atomic E-state index is 0.903. The number of fused-ring (bicyclic) bond motifs is 6. The number of hydrogen-bond acceptors (Lipinski definition) is 3. The minimum Gasteiger partial charge on any atom is -0.456 e. The van der Waals surface area contributed by atoms with Crippen LogP contribution in [0.15, 0.2) is 161 Å². The Kier molecular flexibility index (Phi) is 5.50. The fourth-order valence-electron chi connectivity index (χ4n) is 6.32. The average molecular weight is 564 g/mol. The summed E-state index contributed by atoms with van der Waals surface area (Å²) in [5.74, 6) is 0. The predicted molar refractivity (Wildman–Crippen MR) is 181 cm³/mol. The molecule has 0 aliphatic carbocycles. The molecule has 6 aromatic carbocycles. The maximum absolute atomic E-state index is 6.05. The maximum atomic E-state index is 6.05. The molecule has 9 aromatic rings. The Labute approximate surface area is 253 Å². The molecule has 0 atom stereocenters. The van der Waals surface area contributed by atoms with E-state index in [9.17, 15) is 0 Å². The van der Waals surface area contributed by atoms with E-state index >= 15 is 0 Å². The van der Waals surface area contributed by atoms with Crippen molar-refractivity contribution in [1.29, 1.82) is 0 Å². The highest BCUT2D eigenvalue weighted by Gasteiger charge is 2.11. The SMILES string of the molecule is c1cc(-c2ccnc(-c3cccc(-c4ccc5oc6ccccc6c5c4)c3)c2)cc(-c2ccc3oc4ccccc4c3c2)c1. The van der Waals surface area contributed by atoms with Crippen molar-refractivity contribution in [2.75, 3.05) is 0 Å². The van der Waals surface area contributed by atoms with Crippen LogP contribution in [0.2, 0.25) is 0 Å². The van der Waals surface area contributed by atoms with Gasteiger partial charge < -0.3 is 8.83 Å². The molecule has 0 bridgehead atoms. The van der Waals surface area contributed by atoms with Gasteiger partial charge in [0.15, 0.2) is 0 Å². The Bertz CT molecular complexity index is 2340. The van der Waals surface area contributed by atoms with Gasteiger partial charge in [-0.15, -0.1) is 0 Å². The van der Waals surface area contributed by atoms with Crippen molar-refractivity contribution >= 4 is 43.9 Å². The van der Waals surface area contributed by atoms with Crippen LogP contribution in [0, 0.1) is 0 Å². The molecule has 0 aliphatic heterocycles. The maximum Gasteiger partial charge on any atom is 0.135 e. The van der Waals surface area contributed by atoms with Crippen LogP contribution in [0.1, 0.15) is 0 Å². The van der Waals surface area contributed by atoms with Crippen molar-refractivity contribution in [2.24, 2.45) is 0 Å². The van der Waals surface area contributed by atoms with Crippen molar-refractivity contribution in [3.8, 4) is 44.6 Å². The lowest BCUT2D eigenvalue weighted by Crippen LogP contribution is -1.87. The quantitative estimate of drug-likeness (QED) is 0.214. The molecular weight excluding hydrogens is 538 g/mol. The molecule has 3 aromatic heterocycles. The van der Waals surface area contributed by atoms with Crippen LogP contribution in [0.3, 0.4) is 0 Å². The number of pyridine rings is 1. The van der Waals surface area contributed by atoms with Crippen LogP contribution in [0.4, 0.5) is 0 Å². The molecule has 0 radical (unpaired) electrons. The van der Waals surface area contributed by atoms with E-state index < -0.39 is 0 Å². The normalized spacial score (nSPS) is 11.6. The lowest BCUT2D eigenvalue weighted by Gasteiger charge is -2.09. The van der Waals surface area contributed by atoms with E-state index in [2.05, 4.69) is 121 Å². The highest BCUT2D eigenvalue weighted by molar-refractivity contribution is 6.07. The van der Waals surface area contributed by atoms with Crippen LogP contribution < -0.4 is 0 Å². The van der Waals surface area contributed by atoms with Crippen LogP contribution in [0.25, 0.3) is 88.5 Å². The van der Waals surface area contributed by atoms with Gasteiger partial charge in [0.25, 0.3) is 0 Å². The molecule has 0 amide bonds. The zero-order valence-electron chi connectivity index (χ0n) is 23.7. The summed E-state index contributed by atoms with van der Waals surface area (Å²) in [5.41, 5.74) is 12.6. The summed E-state index contributed by atoms with van der Waals surface area (Å²) in [6.07, 6.45) is 1.90. The summed E-state index contributed by atoms with van der Waals surface area (Å²) in [4.78, 5) is 4.76. The molecule has 206 valence electrons. The Morgan fingerprint density at radius 2 is 0.773 bits per heavy atom. The van der Waals surface area contributed by atoms with E-state index in [1.165, 1.54) is 0 Å². The van der Waals surface area contributed by atoms with Gasteiger partial charge in [0, 0.05) is 33.3 Å². The zero-order chi connectivity index (χ0) is 29.0. The van der Waals surface area contributed by atoms with Gasteiger partial charge in [0.2, 0.25) is 0 Å². The van der Waals surface area contributed by atoms with E-state index in [0.717, 1.165) is 88.5 Å². The Morgan fingerprint density at radius 3 is 1.36 bits per heavy atom. The van der Waals surface area contributed by atoms with Crippen LogP contribution >= 0.6 is 0 Å². The third-order valence-corrected chi connectivity index (χ3v) is 8.53. The number of para-hydroxylation sites is 2. The van der Waals surface area contributed by atoms with Gasteiger partial charge in [-0.3, -0.25) is 4.98 Å². The molecule has 0 N–H and O–H groups in total. The third-order valence-electron chi connectivity index (χ3n) is 8.53. The zero-order valence-corrected chi connectivity index (χ0v) is 23.7. The lowest BCUT2D eigenvalue weighted by atomic mass is 9.96. The van der Waals surface area contributed by atoms with E-state index in [-0.39, 0.29) is 0 Å². The largest absolute Gasteiger partial charge is 0.456 e. The monoisotopic (exact) mass is 563 g/mol. The van der Waals surface area contributed by atoms with E-state index in [1.807, 2.05) is 30.5 Å². The standard InChI is InChI=1S/C41H25NO2/c1-3-13-38-33(11-1)35-23-29(15-17-40(35)43-38)26-7-5-8-27(21-26)31-19-20-42-37(25-31)32-10-6-9-28(22-32)30-16-18-41-36(24-30)34-12-2-4-14-39(34)44-41/h1-25H. The number of hydrogen-bond donors (Lipinski definition) is 0. The number of furan rings is 2. The first-order valence-electron chi connectivity index (χ1n) is 14.8. The Morgan fingerprint density at radius 1 is 0.318 bits per heavy atom. The topological polar surface area (TPSA) is 39.2 Å². The number of rotatable bonds is 4. The van der Waals surface area contributed by atoms with Gasteiger partial charge in [-0.1, -0.05) is 84.9 Å². The molecule has 0 unspecified atom stereocenters. The highest BCUT2D eigenvalue weighted by atomic mass is 16.3. The van der Waals surface area contributed by atoms with E-state index in [0.29, 0.717) is 0 Å². The van der Waals surface area contributed by atoms with Crippen LogP contribution in [-0.2, 0) is 0 Å². The van der Waals surface area contributed by atoms with Crippen molar-refractivity contribution in [3.05, 3.63) is 152 Å². The average Bonchev–Trinajstić information content (AvgIpc) is 3.66. The second-order valence-electron chi connectivity index (χ2n) is 11.2. The third kappa shape index (κ3) is 4.10. The van der Waals surface area contributed by atoms with Crippen LogP contribution in [0.5, 0.6) is 0 Å².